The Bertz CT molecular complexity index is 524. The van der Waals surface area contributed by atoms with Crippen molar-refractivity contribution < 1.29 is 9.50 Å². The topological polar surface area (TPSA) is 56.0 Å². The number of nitriles is 1. The second-order valence-corrected chi connectivity index (χ2v) is 6.52. The molecule has 1 aromatic rings. The molecule has 1 aliphatic rings. The van der Waals surface area contributed by atoms with E-state index in [1.54, 1.807) is 12.1 Å². The van der Waals surface area contributed by atoms with Crippen LogP contribution < -0.4 is 5.32 Å². The predicted octanol–water partition coefficient (Wildman–Crippen LogP) is 3.44. The first-order chi connectivity index (χ1) is 9.35. The van der Waals surface area contributed by atoms with Crippen LogP contribution in [-0.4, -0.2) is 17.3 Å². The fraction of sp³-hybridized carbons (Fsp3) is 0.562. The van der Waals surface area contributed by atoms with Crippen LogP contribution in [0.3, 0.4) is 0 Å². The Morgan fingerprint density at radius 3 is 2.55 bits per heavy atom. The minimum atomic E-state index is -0.769. The van der Waals surface area contributed by atoms with Gasteiger partial charge in [-0.2, -0.15) is 5.26 Å². The van der Waals surface area contributed by atoms with Crippen LogP contribution in [0.15, 0.2) is 18.2 Å². The van der Waals surface area contributed by atoms with Gasteiger partial charge >= 0.3 is 0 Å². The number of aliphatic hydroxyl groups is 1. The molecule has 0 amide bonds. The quantitative estimate of drug-likeness (QED) is 0.889. The van der Waals surface area contributed by atoms with E-state index in [0.717, 1.165) is 25.7 Å². The second kappa shape index (κ2) is 5.41. The van der Waals surface area contributed by atoms with Crippen molar-refractivity contribution in [2.45, 2.75) is 45.1 Å². The number of hydrogen-bond donors (Lipinski definition) is 2. The first-order valence-electron chi connectivity index (χ1n) is 7.00. The Morgan fingerprint density at radius 2 is 1.95 bits per heavy atom. The molecule has 0 unspecified atom stereocenters. The molecule has 0 aliphatic heterocycles. The summed E-state index contributed by atoms with van der Waals surface area (Å²) < 4.78 is 13.5. The third-order valence-corrected chi connectivity index (χ3v) is 4.27. The maximum absolute atomic E-state index is 13.5. The monoisotopic (exact) mass is 276 g/mol. The number of halogens is 1. The number of nitrogens with one attached hydrogen (secondary N) is 1. The van der Waals surface area contributed by atoms with Crippen LogP contribution in [0.25, 0.3) is 0 Å². The summed E-state index contributed by atoms with van der Waals surface area (Å²) in [6.07, 6.45) is 3.40. The Morgan fingerprint density at radius 1 is 1.30 bits per heavy atom. The smallest absolute Gasteiger partial charge is 0.143 e. The van der Waals surface area contributed by atoms with E-state index in [-0.39, 0.29) is 11.0 Å². The average molecular weight is 276 g/mol. The lowest BCUT2D eigenvalue weighted by Gasteiger charge is -2.40. The van der Waals surface area contributed by atoms with Crippen LogP contribution in [0.2, 0.25) is 0 Å². The number of benzene rings is 1. The lowest BCUT2D eigenvalue weighted by atomic mass is 9.71. The number of nitrogens with zero attached hydrogens (tertiary/aromatic N) is 1. The van der Waals surface area contributed by atoms with E-state index in [4.69, 9.17) is 5.26 Å². The Hall–Kier alpha value is -1.60. The van der Waals surface area contributed by atoms with E-state index in [9.17, 15) is 9.50 Å². The van der Waals surface area contributed by atoms with Crippen LogP contribution in [0.5, 0.6) is 0 Å². The molecular formula is C16H21FN2O. The van der Waals surface area contributed by atoms with E-state index < -0.39 is 11.4 Å². The summed E-state index contributed by atoms with van der Waals surface area (Å²) >= 11 is 0. The molecular weight excluding hydrogens is 255 g/mol. The van der Waals surface area contributed by atoms with Crippen LogP contribution in [0.4, 0.5) is 10.1 Å². The lowest BCUT2D eigenvalue weighted by Crippen LogP contribution is -2.42. The van der Waals surface area contributed by atoms with Gasteiger partial charge in [-0.3, -0.25) is 0 Å². The Labute approximate surface area is 119 Å². The molecule has 0 radical (unpaired) electrons. The highest BCUT2D eigenvalue weighted by atomic mass is 19.1. The van der Waals surface area contributed by atoms with Crippen molar-refractivity contribution >= 4 is 5.69 Å². The summed E-state index contributed by atoms with van der Waals surface area (Å²) in [6, 6.07) is 6.35. The third kappa shape index (κ3) is 3.29. The molecule has 2 rings (SSSR count). The minimum absolute atomic E-state index is 0.00670. The first-order valence-corrected chi connectivity index (χ1v) is 7.00. The molecule has 1 aliphatic carbocycles. The van der Waals surface area contributed by atoms with Gasteiger partial charge in [0.1, 0.15) is 17.4 Å². The van der Waals surface area contributed by atoms with Crippen molar-refractivity contribution in [2.75, 3.05) is 11.9 Å². The number of rotatable bonds is 3. The molecule has 0 atom stereocenters. The molecule has 0 aromatic heterocycles. The van der Waals surface area contributed by atoms with Gasteiger partial charge in [0.05, 0.1) is 11.3 Å². The van der Waals surface area contributed by atoms with Gasteiger partial charge in [0, 0.05) is 6.54 Å². The van der Waals surface area contributed by atoms with Crippen LogP contribution >= 0.6 is 0 Å². The average Bonchev–Trinajstić information content (AvgIpc) is 2.41. The fourth-order valence-corrected chi connectivity index (χ4v) is 2.61. The first kappa shape index (κ1) is 14.8. The fourth-order valence-electron chi connectivity index (χ4n) is 2.61. The van der Waals surface area contributed by atoms with Crippen molar-refractivity contribution in [3.63, 3.8) is 0 Å². The summed E-state index contributed by atoms with van der Waals surface area (Å²) in [5.74, 6) is -0.533. The van der Waals surface area contributed by atoms with Crippen molar-refractivity contribution in [1.82, 2.24) is 0 Å². The Kier molecular flexibility index (Phi) is 4.01. The van der Waals surface area contributed by atoms with E-state index in [1.807, 2.05) is 6.07 Å². The minimum Gasteiger partial charge on any atom is -0.388 e. The maximum atomic E-state index is 13.5. The highest BCUT2D eigenvalue weighted by molar-refractivity contribution is 5.58. The van der Waals surface area contributed by atoms with Gasteiger partial charge in [-0.25, -0.2) is 4.39 Å². The summed E-state index contributed by atoms with van der Waals surface area (Å²) in [5.41, 5.74) is -0.0321. The SMILES string of the molecule is CC1(C)CCC(O)(CNc2cccc(F)c2C#N)CC1. The highest BCUT2D eigenvalue weighted by Crippen LogP contribution is 2.40. The summed E-state index contributed by atoms with van der Waals surface area (Å²) in [6.45, 7) is 4.77. The predicted molar refractivity (Wildman–Crippen MR) is 76.8 cm³/mol. The molecule has 20 heavy (non-hydrogen) atoms. The molecule has 0 heterocycles. The third-order valence-electron chi connectivity index (χ3n) is 4.27. The zero-order valence-corrected chi connectivity index (χ0v) is 12.0. The molecule has 1 saturated carbocycles. The van der Waals surface area contributed by atoms with Crippen molar-refractivity contribution in [3.8, 4) is 6.07 Å². The van der Waals surface area contributed by atoms with Gasteiger partial charge in [0.15, 0.2) is 0 Å². The summed E-state index contributed by atoms with van der Waals surface area (Å²) in [5, 5.41) is 22.6. The summed E-state index contributed by atoms with van der Waals surface area (Å²) in [4.78, 5) is 0. The van der Waals surface area contributed by atoms with Crippen molar-refractivity contribution in [1.29, 1.82) is 5.26 Å². The van der Waals surface area contributed by atoms with Crippen molar-refractivity contribution in [2.24, 2.45) is 5.41 Å². The van der Waals surface area contributed by atoms with Gasteiger partial charge < -0.3 is 10.4 Å². The lowest BCUT2D eigenvalue weighted by molar-refractivity contribution is -0.0145. The van der Waals surface area contributed by atoms with Gasteiger partial charge in [-0.05, 0) is 43.2 Å². The molecule has 2 N–H and O–H groups in total. The molecule has 3 nitrogen and oxygen atoms in total. The van der Waals surface area contributed by atoms with E-state index in [1.165, 1.54) is 6.07 Å². The normalized spacial score (nSPS) is 20.1. The van der Waals surface area contributed by atoms with Crippen LogP contribution in [0.1, 0.15) is 45.1 Å². The van der Waals surface area contributed by atoms with Gasteiger partial charge in [0.25, 0.3) is 0 Å². The molecule has 0 saturated heterocycles. The number of anilines is 1. The van der Waals surface area contributed by atoms with Gasteiger partial charge in [-0.15, -0.1) is 0 Å². The molecule has 0 spiro atoms. The van der Waals surface area contributed by atoms with Crippen molar-refractivity contribution in [3.05, 3.63) is 29.6 Å². The van der Waals surface area contributed by atoms with Gasteiger partial charge in [-0.1, -0.05) is 19.9 Å². The van der Waals surface area contributed by atoms with E-state index in [0.29, 0.717) is 12.2 Å². The summed E-state index contributed by atoms with van der Waals surface area (Å²) in [7, 11) is 0. The van der Waals surface area contributed by atoms with E-state index >= 15 is 0 Å². The largest absolute Gasteiger partial charge is 0.388 e. The van der Waals surface area contributed by atoms with Gasteiger partial charge in [0.2, 0.25) is 0 Å². The van der Waals surface area contributed by atoms with E-state index in [2.05, 4.69) is 19.2 Å². The Balaban J connectivity index is 2.03. The van der Waals surface area contributed by atoms with Crippen LogP contribution in [0, 0.1) is 22.6 Å². The standard InChI is InChI=1S/C16H21FN2O/c1-15(2)6-8-16(20,9-7-15)11-19-14-5-3-4-13(17)12(14)10-18/h3-5,19-20H,6-9,11H2,1-2H3. The molecule has 0 bridgehead atoms. The molecule has 1 fully saturated rings. The highest BCUT2D eigenvalue weighted by Gasteiger charge is 2.36. The maximum Gasteiger partial charge on any atom is 0.143 e. The molecule has 1 aromatic carbocycles. The van der Waals surface area contributed by atoms with Crippen LogP contribution in [-0.2, 0) is 0 Å². The molecule has 4 heteroatoms. The zero-order chi connectivity index (χ0) is 14.8. The number of hydrogen-bond acceptors (Lipinski definition) is 3. The zero-order valence-electron chi connectivity index (χ0n) is 12.0. The second-order valence-electron chi connectivity index (χ2n) is 6.52. The molecule has 108 valence electrons.